The summed E-state index contributed by atoms with van der Waals surface area (Å²) < 4.78 is 0. The van der Waals surface area contributed by atoms with Crippen LogP contribution in [0.25, 0.3) is 0 Å². The van der Waals surface area contributed by atoms with Crippen molar-refractivity contribution in [1.29, 1.82) is 0 Å². The van der Waals surface area contributed by atoms with Crippen molar-refractivity contribution < 1.29 is 0 Å². The molecule has 0 radical (unpaired) electrons. The molecule has 1 nitrogen and oxygen atoms in total. The Morgan fingerprint density at radius 2 is 1.53 bits per heavy atom. The summed E-state index contributed by atoms with van der Waals surface area (Å²) in [6.45, 7) is 16.4. The zero-order valence-electron chi connectivity index (χ0n) is 13.5. The van der Waals surface area contributed by atoms with Crippen LogP contribution in [0.3, 0.4) is 0 Å². The fourth-order valence-electron chi connectivity index (χ4n) is 2.04. The lowest BCUT2D eigenvalue weighted by Crippen LogP contribution is -2.31. The summed E-state index contributed by atoms with van der Waals surface area (Å²) in [6, 6.07) is 0.687. The first-order valence-electron chi connectivity index (χ1n) is 7.23. The molecule has 0 spiro atoms. The lowest BCUT2D eigenvalue weighted by Gasteiger charge is -2.31. The Bertz CT molecular complexity index is 195. The van der Waals surface area contributed by atoms with Gasteiger partial charge in [0.1, 0.15) is 0 Å². The van der Waals surface area contributed by atoms with Crippen molar-refractivity contribution in [2.45, 2.75) is 80.2 Å². The van der Waals surface area contributed by atoms with E-state index in [2.05, 4.69) is 60.8 Å². The molecule has 0 aliphatic carbocycles. The molecular formula is C16H35N. The molecule has 0 aliphatic heterocycles. The quantitative estimate of drug-likeness (QED) is 0.700. The summed E-state index contributed by atoms with van der Waals surface area (Å²) in [5.41, 5.74) is 0.910. The zero-order chi connectivity index (χ0) is 13.7. The second-order valence-electron chi connectivity index (χ2n) is 7.94. The maximum atomic E-state index is 3.49. The molecule has 0 saturated heterocycles. The van der Waals surface area contributed by atoms with Gasteiger partial charge in [-0.1, -0.05) is 54.9 Å². The normalized spacial score (nSPS) is 16.9. The molecule has 2 atom stereocenters. The van der Waals surface area contributed by atoms with Gasteiger partial charge in [0.25, 0.3) is 0 Å². The van der Waals surface area contributed by atoms with Crippen LogP contribution < -0.4 is 5.32 Å². The minimum atomic E-state index is 0.430. The van der Waals surface area contributed by atoms with Gasteiger partial charge < -0.3 is 5.32 Å². The molecule has 1 N–H and O–H groups in total. The molecule has 0 amide bonds. The minimum Gasteiger partial charge on any atom is -0.317 e. The smallest absolute Gasteiger partial charge is 0.00668 e. The van der Waals surface area contributed by atoms with Gasteiger partial charge in [0.2, 0.25) is 0 Å². The van der Waals surface area contributed by atoms with E-state index in [1.807, 2.05) is 0 Å². The van der Waals surface area contributed by atoms with E-state index in [1.54, 1.807) is 0 Å². The summed E-state index contributed by atoms with van der Waals surface area (Å²) >= 11 is 0. The van der Waals surface area contributed by atoms with Crippen LogP contribution in [0.1, 0.15) is 74.1 Å². The van der Waals surface area contributed by atoms with Gasteiger partial charge in [0.05, 0.1) is 0 Å². The van der Waals surface area contributed by atoms with E-state index in [4.69, 9.17) is 0 Å². The van der Waals surface area contributed by atoms with Gasteiger partial charge in [-0.2, -0.15) is 0 Å². The maximum absolute atomic E-state index is 3.49. The Morgan fingerprint density at radius 1 is 1.00 bits per heavy atom. The highest BCUT2D eigenvalue weighted by Crippen LogP contribution is 2.30. The molecule has 0 heterocycles. The fraction of sp³-hybridized carbons (Fsp3) is 1.00. The van der Waals surface area contributed by atoms with E-state index < -0.39 is 0 Å². The van der Waals surface area contributed by atoms with Crippen molar-refractivity contribution in [1.82, 2.24) is 5.32 Å². The second-order valence-corrected chi connectivity index (χ2v) is 7.94. The Balaban J connectivity index is 4.01. The van der Waals surface area contributed by atoms with Crippen LogP contribution in [0.15, 0.2) is 0 Å². The zero-order valence-corrected chi connectivity index (χ0v) is 13.5. The minimum absolute atomic E-state index is 0.430. The second kappa shape index (κ2) is 6.78. The number of nitrogens with one attached hydrogen (secondary N) is 1. The summed E-state index contributed by atoms with van der Waals surface area (Å²) in [6.07, 6.45) is 5.28. The third-order valence-electron chi connectivity index (χ3n) is 4.00. The van der Waals surface area contributed by atoms with Crippen molar-refractivity contribution in [3.8, 4) is 0 Å². The number of rotatable bonds is 6. The number of hydrogen-bond acceptors (Lipinski definition) is 1. The van der Waals surface area contributed by atoms with E-state index in [1.165, 1.54) is 25.7 Å². The van der Waals surface area contributed by atoms with Crippen molar-refractivity contribution in [2.75, 3.05) is 7.05 Å². The van der Waals surface area contributed by atoms with Crippen molar-refractivity contribution in [3.63, 3.8) is 0 Å². The molecule has 104 valence electrons. The van der Waals surface area contributed by atoms with Crippen LogP contribution in [0, 0.1) is 16.7 Å². The third-order valence-corrected chi connectivity index (χ3v) is 4.00. The average Bonchev–Trinajstić information content (AvgIpc) is 2.12. The molecule has 0 aromatic carbocycles. The van der Waals surface area contributed by atoms with Gasteiger partial charge in [-0.25, -0.2) is 0 Å². The summed E-state index contributed by atoms with van der Waals surface area (Å²) in [7, 11) is 2.11. The predicted octanol–water partition coefficient (Wildman–Crippen LogP) is 4.86. The lowest BCUT2D eigenvalue weighted by atomic mass is 9.77. The molecule has 0 aromatic rings. The molecule has 1 heteroatoms. The Kier molecular flexibility index (Phi) is 6.76. The van der Waals surface area contributed by atoms with Crippen LogP contribution in [0.5, 0.6) is 0 Å². The van der Waals surface area contributed by atoms with Gasteiger partial charge in [-0.15, -0.1) is 0 Å². The van der Waals surface area contributed by atoms with E-state index in [-0.39, 0.29) is 0 Å². The molecule has 2 unspecified atom stereocenters. The fourth-order valence-corrected chi connectivity index (χ4v) is 2.04. The molecule has 0 saturated carbocycles. The Hall–Kier alpha value is -0.0400. The summed E-state index contributed by atoms with van der Waals surface area (Å²) in [5, 5.41) is 3.49. The first-order valence-corrected chi connectivity index (χ1v) is 7.23. The van der Waals surface area contributed by atoms with E-state index in [0.717, 1.165) is 5.92 Å². The first kappa shape index (κ1) is 17.0. The summed E-state index contributed by atoms with van der Waals surface area (Å²) in [5.74, 6) is 0.773. The standard InChI is InChI=1S/C16H35N/c1-13(16(5,6)7)12-14(17-8)10-9-11-15(2,3)4/h13-14,17H,9-12H2,1-8H3. The lowest BCUT2D eigenvalue weighted by molar-refractivity contribution is 0.218. The molecule has 0 aliphatic rings. The number of hydrogen-bond donors (Lipinski definition) is 1. The van der Waals surface area contributed by atoms with Crippen molar-refractivity contribution in [2.24, 2.45) is 16.7 Å². The molecule has 0 rings (SSSR count). The van der Waals surface area contributed by atoms with Gasteiger partial charge in [0, 0.05) is 6.04 Å². The van der Waals surface area contributed by atoms with Crippen LogP contribution >= 0.6 is 0 Å². The van der Waals surface area contributed by atoms with Crippen LogP contribution in [-0.2, 0) is 0 Å². The first-order chi connectivity index (χ1) is 7.56. The van der Waals surface area contributed by atoms with Gasteiger partial charge in [-0.3, -0.25) is 0 Å². The van der Waals surface area contributed by atoms with E-state index >= 15 is 0 Å². The Labute approximate surface area is 110 Å². The topological polar surface area (TPSA) is 12.0 Å². The van der Waals surface area contributed by atoms with Crippen LogP contribution in [0.2, 0.25) is 0 Å². The van der Waals surface area contributed by atoms with E-state index in [9.17, 15) is 0 Å². The van der Waals surface area contributed by atoms with Gasteiger partial charge in [0.15, 0.2) is 0 Å². The van der Waals surface area contributed by atoms with E-state index in [0.29, 0.717) is 16.9 Å². The summed E-state index contributed by atoms with van der Waals surface area (Å²) in [4.78, 5) is 0. The highest BCUT2D eigenvalue weighted by Gasteiger charge is 2.23. The largest absolute Gasteiger partial charge is 0.317 e. The highest BCUT2D eigenvalue weighted by atomic mass is 14.9. The Morgan fingerprint density at radius 3 is 1.88 bits per heavy atom. The van der Waals surface area contributed by atoms with Crippen LogP contribution in [-0.4, -0.2) is 13.1 Å². The monoisotopic (exact) mass is 241 g/mol. The predicted molar refractivity (Wildman–Crippen MR) is 79.4 cm³/mol. The molecule has 0 bridgehead atoms. The van der Waals surface area contributed by atoms with Gasteiger partial charge >= 0.3 is 0 Å². The molecule has 0 fully saturated rings. The van der Waals surface area contributed by atoms with Crippen molar-refractivity contribution >= 4 is 0 Å². The molecular weight excluding hydrogens is 206 g/mol. The molecule has 17 heavy (non-hydrogen) atoms. The molecule has 0 aromatic heterocycles. The third kappa shape index (κ3) is 8.65. The SMILES string of the molecule is CNC(CCCC(C)(C)C)CC(C)C(C)(C)C. The maximum Gasteiger partial charge on any atom is 0.00668 e. The average molecular weight is 241 g/mol. The van der Waals surface area contributed by atoms with Crippen molar-refractivity contribution in [3.05, 3.63) is 0 Å². The highest BCUT2D eigenvalue weighted by molar-refractivity contribution is 4.77. The van der Waals surface area contributed by atoms with Crippen LogP contribution in [0.4, 0.5) is 0 Å². The van der Waals surface area contributed by atoms with Gasteiger partial charge in [-0.05, 0) is 43.1 Å².